The number of ether oxygens (including phenoxy) is 15. The summed E-state index contributed by atoms with van der Waals surface area (Å²) < 4.78 is 84.2. The number of carbonyl (C=O) groups is 1. The zero-order chi connectivity index (χ0) is 96.5. The van der Waals surface area contributed by atoms with Crippen molar-refractivity contribution in [2.24, 2.45) is 9.98 Å². The van der Waals surface area contributed by atoms with Gasteiger partial charge < -0.3 is 76.2 Å². The molecule has 13 rings (SSSR count). The monoisotopic (exact) mass is 1990 g/mol. The molecule has 131 heavy (non-hydrogen) atoms. The van der Waals surface area contributed by atoms with Crippen molar-refractivity contribution in [2.45, 2.75) is 160 Å². The van der Waals surface area contributed by atoms with Crippen LogP contribution in [0, 0.1) is 0 Å². The summed E-state index contributed by atoms with van der Waals surface area (Å²) in [6, 6.07) is 71.2. The summed E-state index contributed by atoms with van der Waals surface area (Å²) in [7, 11) is 22.4. The first-order chi connectivity index (χ1) is 62.8. The lowest BCUT2D eigenvalue weighted by Gasteiger charge is -2.19. The number of aliphatic imine (C=N–C) groups is 2. The Morgan fingerprint density at radius 2 is 0.672 bits per heavy atom. The fourth-order valence-electron chi connectivity index (χ4n) is 15.0. The van der Waals surface area contributed by atoms with Gasteiger partial charge in [0.2, 0.25) is 11.8 Å². The summed E-state index contributed by atoms with van der Waals surface area (Å²) in [4.78, 5) is 24.0. The predicted molar refractivity (Wildman–Crippen MR) is 548 cm³/mol. The molecule has 20 nitrogen and oxygen atoms in total. The van der Waals surface area contributed by atoms with Gasteiger partial charge in [0, 0.05) is 42.4 Å². The van der Waals surface area contributed by atoms with Crippen molar-refractivity contribution < 1.29 is 85.5 Å². The molecule has 23 heteroatoms. The second-order valence-electron chi connectivity index (χ2n) is 33.7. The van der Waals surface area contributed by atoms with E-state index in [9.17, 15) is 9.90 Å². The first-order valence-corrected chi connectivity index (χ1v) is 48.9. The molecule has 3 heterocycles. The lowest BCUT2D eigenvalue weighted by Crippen LogP contribution is -2.33. The van der Waals surface area contributed by atoms with Gasteiger partial charge >= 0.3 is 11.9 Å². The van der Waals surface area contributed by atoms with E-state index in [0.29, 0.717) is 93.9 Å². The Morgan fingerprint density at radius 3 is 0.992 bits per heavy atom. The highest BCUT2D eigenvalue weighted by Gasteiger charge is 2.42. The number of aliphatic hydroxyl groups is 1. The van der Waals surface area contributed by atoms with Gasteiger partial charge in [0.15, 0.2) is 69.6 Å². The Bertz CT molecular complexity index is 5230. The molecule has 3 aliphatic rings. The number of alkyl halides is 2. The number of hydrogen-bond donors (Lipinski definition) is 1. The van der Waals surface area contributed by atoms with E-state index in [2.05, 4.69) is 246 Å². The van der Waals surface area contributed by atoms with E-state index in [0.717, 1.165) is 103 Å². The minimum Gasteiger partial charge on any atom is -0.496 e. The Labute approximate surface area is 804 Å². The van der Waals surface area contributed by atoms with Crippen molar-refractivity contribution in [1.82, 2.24) is 0 Å². The normalized spacial score (nSPS) is 14.3. The fourth-order valence-corrected chi connectivity index (χ4v) is 15.3. The van der Waals surface area contributed by atoms with E-state index in [-0.39, 0.29) is 46.9 Å². The van der Waals surface area contributed by atoms with Crippen molar-refractivity contribution in [3.05, 3.63) is 290 Å². The molecular formula is C108H141BrIN3O17P+. The summed E-state index contributed by atoms with van der Waals surface area (Å²) in [5.41, 5.74) is 14.6. The highest BCUT2D eigenvalue weighted by Crippen LogP contribution is 2.43. The molecule has 0 aromatic heterocycles. The highest BCUT2D eigenvalue weighted by molar-refractivity contribution is 14.1. The average Bonchev–Trinajstić information content (AvgIpc) is 1.67. The Hall–Kier alpha value is -10.5. The number of rotatable bonds is 30. The molecule has 5 unspecified atom stereocenters. The number of aliphatic hydroxyl groups excluding tert-OH is 1. The van der Waals surface area contributed by atoms with E-state index in [1.807, 2.05) is 104 Å². The maximum atomic E-state index is 12.1. The van der Waals surface area contributed by atoms with E-state index in [1.54, 1.807) is 90.3 Å². The van der Waals surface area contributed by atoms with Crippen LogP contribution in [0.3, 0.4) is 0 Å². The number of likely N-dealkylation sites (N-methyl/N-ethyl adjacent to an activating group) is 1. The van der Waals surface area contributed by atoms with Crippen LogP contribution in [-0.4, -0.2) is 185 Å². The Kier molecular flexibility index (Phi) is 45.9. The van der Waals surface area contributed by atoms with Gasteiger partial charge in [0.25, 0.3) is 0 Å². The van der Waals surface area contributed by atoms with Crippen LogP contribution in [0.1, 0.15) is 183 Å². The first-order valence-electron chi connectivity index (χ1n) is 43.8. The highest BCUT2D eigenvalue weighted by atomic mass is 127. The number of carbonyl (C=O) groups excluding carboxylic acids is 1. The third kappa shape index (κ3) is 32.4. The van der Waals surface area contributed by atoms with Gasteiger partial charge in [-0.25, -0.2) is 14.8 Å². The third-order valence-electron chi connectivity index (χ3n) is 22.0. The lowest BCUT2D eigenvalue weighted by atomic mass is 9.89. The van der Waals surface area contributed by atoms with Gasteiger partial charge in [-0.3, -0.25) is 0 Å². The second kappa shape index (κ2) is 55.1. The molecule has 10 aromatic rings. The summed E-state index contributed by atoms with van der Waals surface area (Å²) >= 11 is 5.66. The Morgan fingerprint density at radius 1 is 0.389 bits per heavy atom. The van der Waals surface area contributed by atoms with E-state index >= 15 is 0 Å². The SMILES string of the molecule is CC(Br)Cc1ccccc1.CI.COC(=O)c1cc(OC)c(OC)cc1C(C)Cc1ccccc1.COc1cc(C2=NC(C)(C)CO2)c(C(C)Cc2ccccc2)cc1OC.COc1cc(C2=[N+](C)C(C)(C)CO2)c(C(C)Cc2ccccc2)cc1OC.COc1cc(CO)c(C(C)Cc2ccccc2)cc1OC.COc1cc(OC)c(C2=NC(C)(C)CO2)cc1OC.CPC. The zero-order valence-corrected chi connectivity index (χ0v) is 86.8. The molecule has 0 spiro atoms. The molecule has 1 N–H and O–H groups in total. The van der Waals surface area contributed by atoms with Gasteiger partial charge in [-0.05, 0) is 200 Å². The lowest BCUT2D eigenvalue weighted by molar-refractivity contribution is -0.562. The van der Waals surface area contributed by atoms with Crippen LogP contribution in [0.5, 0.6) is 63.2 Å². The van der Waals surface area contributed by atoms with Gasteiger partial charge in [-0.2, -0.15) is 4.58 Å². The van der Waals surface area contributed by atoms with Gasteiger partial charge in [0.1, 0.15) is 26.0 Å². The quantitative estimate of drug-likeness (QED) is 0.0146. The molecule has 708 valence electrons. The largest absolute Gasteiger partial charge is 0.496 e. The van der Waals surface area contributed by atoms with Crippen LogP contribution in [0.2, 0.25) is 0 Å². The van der Waals surface area contributed by atoms with Gasteiger partial charge in [0.05, 0.1) is 120 Å². The van der Waals surface area contributed by atoms with Crippen LogP contribution >= 0.6 is 47.1 Å². The number of benzene rings is 10. The van der Waals surface area contributed by atoms with Crippen LogP contribution in [0.25, 0.3) is 0 Å². The zero-order valence-electron chi connectivity index (χ0n) is 82.0. The molecular weight excluding hydrogens is 1850 g/mol. The summed E-state index contributed by atoms with van der Waals surface area (Å²) in [5.74, 6) is 10.0. The number of methoxy groups -OCH3 is 12. The summed E-state index contributed by atoms with van der Waals surface area (Å²) in [6.07, 6.45) is 4.73. The molecule has 0 saturated heterocycles. The average molecular weight is 1990 g/mol. The van der Waals surface area contributed by atoms with Crippen molar-refractivity contribution >= 4 is 70.8 Å². The molecule has 0 radical (unpaired) electrons. The molecule has 0 bridgehead atoms. The van der Waals surface area contributed by atoms with Gasteiger partial charge in [-0.15, -0.1) is 8.58 Å². The number of halogens is 2. The van der Waals surface area contributed by atoms with Crippen molar-refractivity contribution in [1.29, 1.82) is 0 Å². The summed E-state index contributed by atoms with van der Waals surface area (Å²) in [5, 5.41) is 9.62. The molecule has 0 aliphatic carbocycles. The van der Waals surface area contributed by atoms with E-state index in [4.69, 9.17) is 76.0 Å². The van der Waals surface area contributed by atoms with Crippen LogP contribution in [0.15, 0.2) is 222 Å². The van der Waals surface area contributed by atoms with Crippen LogP contribution in [-0.2, 0) is 57.7 Å². The van der Waals surface area contributed by atoms with E-state index in [1.165, 1.54) is 40.5 Å². The second-order valence-corrected chi connectivity index (χ2v) is 36.2. The van der Waals surface area contributed by atoms with Crippen molar-refractivity contribution in [2.75, 3.05) is 130 Å². The number of esters is 1. The van der Waals surface area contributed by atoms with Gasteiger partial charge in [-0.1, -0.05) is 225 Å². The minimum absolute atomic E-state index is 0.00514. The maximum Gasteiger partial charge on any atom is 0.370 e. The van der Waals surface area contributed by atoms with Crippen molar-refractivity contribution in [3.8, 4) is 63.2 Å². The molecule has 5 atom stereocenters. The first kappa shape index (κ1) is 109. The number of nitrogens with zero attached hydrogens (tertiary/aromatic N) is 3. The molecule has 3 aliphatic heterocycles. The molecule has 0 fully saturated rings. The maximum absolute atomic E-state index is 12.1. The topological polar surface area (TPSA) is 203 Å². The standard InChI is InChI=1S/C23H30NO3.C22H27NO3.C19H22O4.C18H22O3.C14H19NO4.C9H11Br.C2H7P.CH3I/c1-16(12-17-10-8-7-9-11-17)18-13-20(25-5)21(26-6)14-19(18)22-24(4)23(2,3)15-27-22;1-15(11-16-9-7-6-8-10-16)17-12-19(24-4)20(25-5)13-18(17)21-23-22(2,3)14-26-21;1-13(10-14-8-6-5-7-9-14)15-11-17(21-2)18(22-3)12-16(15)19(20)23-4;1-13(9-14-7-5-4-6-8-14)16-11-18(21-3)17(20-2)10-15(16)12-19;1-14(2)8-19-13(15-14)9-6-11(17-4)12(18-5)7-10(9)16-3;1-8(10)7-9-5-3-2-4-6-9;1-3-2;1-2/h7-11,13-14,16H,12,15H2,1-6H3;6-10,12-13,15H,11,14H2,1-5H3;5-9,11-13H,10H2,1-4H3;4-8,10-11,13,19H,9,12H2,1-3H3;6-7H,8H2,1-5H3;2-6,8H,7H2,1H3;3H,1-2H3;1H3/q+1;;;;;;;. The van der Waals surface area contributed by atoms with E-state index < -0.39 is 0 Å². The fraction of sp³-hybridized carbons (Fsp3) is 0.407. The minimum atomic E-state index is -0.374. The molecule has 0 saturated carbocycles. The van der Waals surface area contributed by atoms with Crippen molar-refractivity contribution in [3.63, 3.8) is 0 Å². The van der Waals surface area contributed by atoms with Crippen LogP contribution in [0.4, 0.5) is 0 Å². The Balaban J connectivity index is 0.000000243. The molecule has 10 aromatic carbocycles. The smallest absolute Gasteiger partial charge is 0.370 e. The molecule has 0 amide bonds. The van der Waals surface area contributed by atoms with Crippen LogP contribution < -0.4 is 52.1 Å². The number of hydrogen-bond acceptors (Lipinski definition) is 19. The predicted octanol–water partition coefficient (Wildman–Crippen LogP) is 23.5. The summed E-state index contributed by atoms with van der Waals surface area (Å²) in [6.45, 7) is 29.6. The third-order valence-corrected chi connectivity index (χ3v) is 22.3.